The van der Waals surface area contributed by atoms with Gasteiger partial charge in [0.25, 0.3) is 0 Å². The van der Waals surface area contributed by atoms with Gasteiger partial charge in [0.2, 0.25) is 17.7 Å². The van der Waals surface area contributed by atoms with Gasteiger partial charge in [0, 0.05) is 48.0 Å². The van der Waals surface area contributed by atoms with Crippen LogP contribution in [0.1, 0.15) is 49.1 Å². The Labute approximate surface area is 237 Å². The van der Waals surface area contributed by atoms with E-state index in [1.54, 1.807) is 0 Å². The molecule has 2 heterocycles. The summed E-state index contributed by atoms with van der Waals surface area (Å²) in [5.74, 6) is -2.07. The van der Waals surface area contributed by atoms with E-state index in [2.05, 4.69) is 10.6 Å². The van der Waals surface area contributed by atoms with Gasteiger partial charge in [-0.3, -0.25) is 14.4 Å². The molecule has 0 radical (unpaired) electrons. The lowest BCUT2D eigenvalue weighted by Gasteiger charge is -2.29. The molecule has 4 rings (SSSR count). The quantitative estimate of drug-likeness (QED) is 0.380. The van der Waals surface area contributed by atoms with Crippen LogP contribution in [0.3, 0.4) is 0 Å². The molecule has 2 aromatic rings. The Morgan fingerprint density at radius 3 is 2.73 bits per heavy atom. The molecule has 1 unspecified atom stereocenters. The molecule has 0 aliphatic carbocycles. The molecule has 0 aromatic heterocycles. The van der Waals surface area contributed by atoms with Gasteiger partial charge >= 0.3 is 0 Å². The fourth-order valence-electron chi connectivity index (χ4n) is 5.37. The molecule has 0 saturated carbocycles. The van der Waals surface area contributed by atoms with Crippen LogP contribution in [0.25, 0.3) is 6.08 Å². The van der Waals surface area contributed by atoms with Crippen LogP contribution in [0.15, 0.2) is 54.6 Å². The maximum Gasteiger partial charge on any atom is 0.247 e. The number of benzene rings is 2. The smallest absolute Gasteiger partial charge is 0.247 e. The summed E-state index contributed by atoms with van der Waals surface area (Å²) in [5, 5.41) is 25.7. The third-order valence-corrected chi connectivity index (χ3v) is 7.81. The Kier molecular flexibility index (Phi) is 9.91. The predicted octanol–water partition coefficient (Wildman–Crippen LogP) is 3.55. The molecule has 0 spiro atoms. The molecule has 5 atom stereocenters. The number of halogens is 2. The number of nitrogens with one attached hydrogen (secondary N) is 2. The fraction of sp³-hybridized carbons (Fsp3) is 0.400. The lowest BCUT2D eigenvalue weighted by molar-refractivity contribution is -0.136. The van der Waals surface area contributed by atoms with Crippen LogP contribution in [0.4, 0.5) is 4.39 Å². The van der Waals surface area contributed by atoms with Gasteiger partial charge in [-0.05, 0) is 49.5 Å². The molecule has 2 fully saturated rings. The third kappa shape index (κ3) is 7.26. The Morgan fingerprint density at radius 2 is 2.05 bits per heavy atom. The van der Waals surface area contributed by atoms with Crippen molar-refractivity contribution in [2.24, 2.45) is 5.92 Å². The van der Waals surface area contributed by atoms with Crippen LogP contribution in [-0.2, 0) is 14.4 Å². The van der Waals surface area contributed by atoms with E-state index in [0.717, 1.165) is 11.6 Å². The van der Waals surface area contributed by atoms with E-state index in [1.165, 1.54) is 29.2 Å². The SMILES string of the molecule is N#CCCC(O)[C@H](C[C@@H]1CCNC1=O)NC(=O)[C@@H]1C[C@@H](c2ccccc2)CN1C(=O)/C=C/c1ccc(Cl)cc1F. The first-order chi connectivity index (χ1) is 19.3. The number of nitrogens with zero attached hydrogens (tertiary/aromatic N) is 2. The standard InChI is InChI=1S/C30H32ClFN4O4/c31-23-10-8-20(24(32)17-23)9-11-28(38)36-18-22(19-5-2-1-3-6-19)16-26(36)30(40)35-25(27(37)7-4-13-33)15-21-12-14-34-29(21)39/h1-3,5-6,8-11,17,21-22,25-27,37H,4,7,12,14-16,18H2,(H,34,39)(H,35,40)/b11-9+/t21-,22+,25-,26-,27?/m0/s1. The summed E-state index contributed by atoms with van der Waals surface area (Å²) in [6.45, 7) is 0.809. The Bertz CT molecular complexity index is 1300. The van der Waals surface area contributed by atoms with Gasteiger partial charge in [0.15, 0.2) is 0 Å². The van der Waals surface area contributed by atoms with Crippen molar-refractivity contribution in [1.82, 2.24) is 15.5 Å². The van der Waals surface area contributed by atoms with Crippen LogP contribution in [0, 0.1) is 23.1 Å². The number of hydrogen-bond acceptors (Lipinski definition) is 5. The molecule has 210 valence electrons. The number of carbonyl (C=O) groups is 3. The number of aliphatic hydroxyl groups excluding tert-OH is 1. The molecule has 40 heavy (non-hydrogen) atoms. The lowest BCUT2D eigenvalue weighted by Crippen LogP contribution is -2.52. The van der Waals surface area contributed by atoms with Gasteiger partial charge < -0.3 is 20.6 Å². The molecule has 3 amide bonds. The van der Waals surface area contributed by atoms with E-state index in [9.17, 15) is 23.9 Å². The van der Waals surface area contributed by atoms with Crippen molar-refractivity contribution in [3.05, 3.63) is 76.6 Å². The van der Waals surface area contributed by atoms with E-state index in [1.807, 2.05) is 36.4 Å². The van der Waals surface area contributed by atoms with Crippen LogP contribution >= 0.6 is 11.6 Å². The highest BCUT2D eigenvalue weighted by Crippen LogP contribution is 2.33. The summed E-state index contributed by atoms with van der Waals surface area (Å²) in [4.78, 5) is 40.7. The van der Waals surface area contributed by atoms with E-state index < -0.39 is 35.8 Å². The minimum Gasteiger partial charge on any atom is -0.391 e. The number of amides is 3. The zero-order valence-electron chi connectivity index (χ0n) is 21.9. The van der Waals surface area contributed by atoms with Crippen LogP contribution in [-0.4, -0.2) is 59.0 Å². The summed E-state index contributed by atoms with van der Waals surface area (Å²) < 4.78 is 14.3. The van der Waals surface area contributed by atoms with Gasteiger partial charge in [-0.2, -0.15) is 5.26 Å². The van der Waals surface area contributed by atoms with Crippen molar-refractivity contribution in [2.45, 2.75) is 56.2 Å². The van der Waals surface area contributed by atoms with E-state index in [4.69, 9.17) is 16.9 Å². The first-order valence-electron chi connectivity index (χ1n) is 13.4. The van der Waals surface area contributed by atoms with Gasteiger partial charge in [-0.15, -0.1) is 0 Å². The van der Waals surface area contributed by atoms with Gasteiger partial charge in [-0.1, -0.05) is 48.0 Å². The zero-order chi connectivity index (χ0) is 28.6. The van der Waals surface area contributed by atoms with E-state index in [-0.39, 0.29) is 54.1 Å². The van der Waals surface area contributed by atoms with E-state index in [0.29, 0.717) is 19.4 Å². The number of rotatable bonds is 10. The highest BCUT2D eigenvalue weighted by Gasteiger charge is 2.41. The first-order valence-corrected chi connectivity index (χ1v) is 13.8. The summed E-state index contributed by atoms with van der Waals surface area (Å²) in [7, 11) is 0. The minimum atomic E-state index is -1.03. The van der Waals surface area contributed by atoms with Crippen molar-refractivity contribution in [2.75, 3.05) is 13.1 Å². The second-order valence-electron chi connectivity index (χ2n) is 10.2. The largest absolute Gasteiger partial charge is 0.391 e. The number of likely N-dealkylation sites (tertiary alicyclic amines) is 1. The summed E-state index contributed by atoms with van der Waals surface area (Å²) in [6, 6.07) is 14.1. The van der Waals surface area contributed by atoms with Crippen molar-refractivity contribution >= 4 is 35.4 Å². The maximum atomic E-state index is 14.3. The van der Waals surface area contributed by atoms with Crippen molar-refractivity contribution in [3.8, 4) is 6.07 Å². The Morgan fingerprint density at radius 1 is 1.27 bits per heavy atom. The Hall–Kier alpha value is -3.74. The van der Waals surface area contributed by atoms with Crippen LogP contribution < -0.4 is 10.6 Å². The molecule has 10 heteroatoms. The summed E-state index contributed by atoms with van der Waals surface area (Å²) in [6.07, 6.45) is 2.98. The topological polar surface area (TPSA) is 123 Å². The van der Waals surface area contributed by atoms with Crippen LogP contribution in [0.5, 0.6) is 0 Å². The van der Waals surface area contributed by atoms with Gasteiger partial charge in [0.1, 0.15) is 11.9 Å². The Balaban J connectivity index is 1.55. The minimum absolute atomic E-state index is 0.0978. The monoisotopic (exact) mass is 566 g/mol. The maximum absolute atomic E-state index is 14.3. The zero-order valence-corrected chi connectivity index (χ0v) is 22.7. The highest BCUT2D eigenvalue weighted by atomic mass is 35.5. The molecular formula is C30H32ClFN4O4. The molecule has 3 N–H and O–H groups in total. The second kappa shape index (κ2) is 13.6. The number of nitriles is 1. The molecular weight excluding hydrogens is 535 g/mol. The van der Waals surface area contributed by atoms with E-state index >= 15 is 0 Å². The molecule has 2 aliphatic rings. The summed E-state index contributed by atoms with van der Waals surface area (Å²) >= 11 is 5.83. The number of hydrogen-bond donors (Lipinski definition) is 3. The fourth-order valence-corrected chi connectivity index (χ4v) is 5.53. The molecule has 0 bridgehead atoms. The molecule has 8 nitrogen and oxygen atoms in total. The third-order valence-electron chi connectivity index (χ3n) is 7.57. The van der Waals surface area contributed by atoms with Gasteiger partial charge in [-0.25, -0.2) is 4.39 Å². The van der Waals surface area contributed by atoms with Crippen molar-refractivity contribution in [3.63, 3.8) is 0 Å². The first kappa shape index (κ1) is 29.2. The average Bonchev–Trinajstić information content (AvgIpc) is 3.58. The highest BCUT2D eigenvalue weighted by molar-refractivity contribution is 6.30. The van der Waals surface area contributed by atoms with Crippen LogP contribution in [0.2, 0.25) is 5.02 Å². The predicted molar refractivity (Wildman–Crippen MR) is 148 cm³/mol. The second-order valence-corrected chi connectivity index (χ2v) is 10.7. The van der Waals surface area contributed by atoms with Crippen molar-refractivity contribution < 1.29 is 23.9 Å². The number of aliphatic hydroxyl groups is 1. The number of carbonyl (C=O) groups excluding carboxylic acids is 3. The lowest BCUT2D eigenvalue weighted by atomic mass is 9.92. The summed E-state index contributed by atoms with van der Waals surface area (Å²) in [5.41, 5.74) is 1.17. The van der Waals surface area contributed by atoms with Crippen molar-refractivity contribution in [1.29, 1.82) is 5.26 Å². The molecule has 2 aliphatic heterocycles. The molecule has 2 saturated heterocycles. The van der Waals surface area contributed by atoms with Gasteiger partial charge in [0.05, 0.1) is 18.2 Å². The normalized spacial score (nSPS) is 22.1. The average molecular weight is 567 g/mol. The molecule has 2 aromatic carbocycles.